The van der Waals surface area contributed by atoms with Crippen molar-refractivity contribution in [3.8, 4) is 10.4 Å². The van der Waals surface area contributed by atoms with Crippen LogP contribution < -0.4 is 5.32 Å². The molecule has 0 radical (unpaired) electrons. The van der Waals surface area contributed by atoms with Gasteiger partial charge in [-0.05, 0) is 58.1 Å². The summed E-state index contributed by atoms with van der Waals surface area (Å²) in [5.41, 5.74) is 2.15. The van der Waals surface area contributed by atoms with Crippen LogP contribution in [-0.2, 0) is 15.5 Å². The van der Waals surface area contributed by atoms with Crippen molar-refractivity contribution in [3.63, 3.8) is 0 Å². The van der Waals surface area contributed by atoms with Crippen LogP contribution in [0.5, 0.6) is 0 Å². The molecule has 0 spiro atoms. The summed E-state index contributed by atoms with van der Waals surface area (Å²) in [6.45, 7) is 9.72. The van der Waals surface area contributed by atoms with Crippen molar-refractivity contribution in [3.05, 3.63) is 35.0 Å². The predicted octanol–water partition coefficient (Wildman–Crippen LogP) is 5.80. The molecule has 2 aromatic rings. The van der Waals surface area contributed by atoms with Gasteiger partial charge in [-0.1, -0.05) is 26.0 Å². The van der Waals surface area contributed by atoms with E-state index < -0.39 is 10.8 Å². The Morgan fingerprint density at radius 2 is 1.90 bits per heavy atom. The highest BCUT2D eigenvalue weighted by Gasteiger charge is 2.26. The van der Waals surface area contributed by atoms with Gasteiger partial charge in [-0.25, -0.2) is 9.78 Å². The molecule has 1 heterocycles. The number of benzene rings is 1. The minimum atomic E-state index is -1.04. The highest BCUT2D eigenvalue weighted by Crippen LogP contribution is 2.39. The summed E-state index contributed by atoms with van der Waals surface area (Å²) in [7, 11) is -1.04. The fourth-order valence-electron chi connectivity index (χ4n) is 3.75. The number of aryl methyl sites for hydroxylation is 1. The minimum absolute atomic E-state index is 0.0723. The Balaban J connectivity index is 1.68. The van der Waals surface area contributed by atoms with Crippen LogP contribution in [0.25, 0.3) is 10.4 Å². The summed E-state index contributed by atoms with van der Waals surface area (Å²) in [5, 5.41) is 4.18. The third-order valence-electron chi connectivity index (χ3n) is 5.31. The van der Waals surface area contributed by atoms with E-state index in [1.165, 1.54) is 0 Å². The second-order valence-corrected chi connectivity index (χ2v) is 11.6. The highest BCUT2D eigenvalue weighted by molar-refractivity contribution is 7.85. The van der Waals surface area contributed by atoms with Crippen molar-refractivity contribution in [2.24, 2.45) is 0 Å². The Labute approximate surface area is 186 Å². The molecule has 1 aliphatic carbocycles. The zero-order valence-electron chi connectivity index (χ0n) is 18.4. The Morgan fingerprint density at radius 1 is 1.20 bits per heavy atom. The van der Waals surface area contributed by atoms with Gasteiger partial charge in [0.1, 0.15) is 0 Å². The van der Waals surface area contributed by atoms with Gasteiger partial charge in [-0.3, -0.25) is 4.21 Å². The van der Waals surface area contributed by atoms with E-state index in [-0.39, 0.29) is 23.5 Å². The Hall–Kier alpha value is -1.73. The van der Waals surface area contributed by atoms with E-state index in [1.807, 2.05) is 46.9 Å². The summed E-state index contributed by atoms with van der Waals surface area (Å²) < 4.78 is 18.0. The molecule has 0 aliphatic heterocycles. The molecular formula is C23H32N2O3S2. The van der Waals surface area contributed by atoms with Crippen LogP contribution in [0.4, 0.5) is 4.79 Å². The first kappa shape index (κ1) is 22.9. The van der Waals surface area contributed by atoms with Gasteiger partial charge in [0, 0.05) is 33.9 Å². The van der Waals surface area contributed by atoms with E-state index in [4.69, 9.17) is 9.72 Å². The van der Waals surface area contributed by atoms with Crippen LogP contribution >= 0.6 is 11.3 Å². The zero-order chi connectivity index (χ0) is 21.8. The molecule has 7 heteroatoms. The minimum Gasteiger partial charge on any atom is -0.447 e. The average Bonchev–Trinajstić information content (AvgIpc) is 3.17. The molecule has 1 atom stereocenters. The summed E-state index contributed by atoms with van der Waals surface area (Å²) in [6.07, 6.45) is 5.36. The van der Waals surface area contributed by atoms with E-state index in [0.29, 0.717) is 5.92 Å². The molecule has 1 aromatic heterocycles. The second kappa shape index (κ2) is 10.1. The molecule has 1 aromatic carbocycles. The molecule has 1 unspecified atom stereocenters. The number of nitrogens with one attached hydrogen (secondary N) is 1. The molecule has 1 aliphatic rings. The number of rotatable bonds is 6. The van der Waals surface area contributed by atoms with Crippen LogP contribution in [0.15, 0.2) is 29.3 Å². The van der Waals surface area contributed by atoms with Gasteiger partial charge < -0.3 is 10.1 Å². The van der Waals surface area contributed by atoms with Gasteiger partial charge in [-0.15, -0.1) is 11.3 Å². The molecule has 1 N–H and O–H groups in total. The molecule has 30 heavy (non-hydrogen) atoms. The lowest BCUT2D eigenvalue weighted by Crippen LogP contribution is -2.38. The Bertz CT molecular complexity index is 900. The molecule has 1 fully saturated rings. The van der Waals surface area contributed by atoms with Crippen molar-refractivity contribution in [1.29, 1.82) is 0 Å². The van der Waals surface area contributed by atoms with Crippen molar-refractivity contribution in [2.45, 2.75) is 88.5 Å². The van der Waals surface area contributed by atoms with Crippen molar-refractivity contribution in [1.82, 2.24) is 10.3 Å². The summed E-state index contributed by atoms with van der Waals surface area (Å²) in [4.78, 5) is 18.5. The Kier molecular flexibility index (Phi) is 7.69. The van der Waals surface area contributed by atoms with Crippen LogP contribution in [0.3, 0.4) is 0 Å². The van der Waals surface area contributed by atoms with Gasteiger partial charge >= 0.3 is 6.09 Å². The number of hydrogen-bond acceptors (Lipinski definition) is 5. The third kappa shape index (κ3) is 5.70. The van der Waals surface area contributed by atoms with Crippen LogP contribution in [-0.4, -0.2) is 32.7 Å². The smallest absolute Gasteiger partial charge is 0.407 e. The monoisotopic (exact) mass is 448 g/mol. The quantitative estimate of drug-likeness (QED) is 0.607. The van der Waals surface area contributed by atoms with Gasteiger partial charge in [0.05, 0.1) is 26.8 Å². The molecule has 5 nitrogen and oxygen atoms in total. The van der Waals surface area contributed by atoms with Crippen molar-refractivity contribution >= 4 is 28.2 Å². The lowest BCUT2D eigenvalue weighted by molar-refractivity contribution is 0.109. The van der Waals surface area contributed by atoms with E-state index in [1.54, 1.807) is 11.3 Å². The van der Waals surface area contributed by atoms with Crippen LogP contribution in [0.2, 0.25) is 0 Å². The summed E-state index contributed by atoms with van der Waals surface area (Å²) in [5.74, 6) is 0.410. The van der Waals surface area contributed by atoms with E-state index >= 15 is 0 Å². The molecule has 164 valence electrons. The van der Waals surface area contributed by atoms with Gasteiger partial charge in [-0.2, -0.15) is 0 Å². The third-order valence-corrected chi connectivity index (χ3v) is 8.13. The number of hydrogen-bond donors (Lipinski definition) is 1. The highest BCUT2D eigenvalue weighted by atomic mass is 32.2. The second-order valence-electron chi connectivity index (χ2n) is 8.56. The van der Waals surface area contributed by atoms with Gasteiger partial charge in [0.2, 0.25) is 0 Å². The number of carbonyl (C=O) groups is 1. The lowest BCUT2D eigenvalue weighted by atomic mass is 9.86. The molecule has 0 bridgehead atoms. The van der Waals surface area contributed by atoms with Gasteiger partial charge in [0.15, 0.2) is 0 Å². The fourth-order valence-corrected chi connectivity index (χ4v) is 6.15. The number of ether oxygens (including phenoxy) is 1. The van der Waals surface area contributed by atoms with E-state index in [2.05, 4.69) is 17.4 Å². The van der Waals surface area contributed by atoms with Crippen molar-refractivity contribution < 1.29 is 13.7 Å². The van der Waals surface area contributed by atoms with E-state index in [9.17, 15) is 9.00 Å². The number of carbonyl (C=O) groups excluding carboxylic acids is 1. The average molecular weight is 449 g/mol. The number of amides is 1. The standard InChI is InChI=1S/C23H32N2O3S2/c1-14(2)28-23(26)25-18-9-7-17(8-10-18)22-24-13-20(29-22)19-11-6-16(5)12-21(19)30(27)15(3)4/h6,11-15,17-18H,7-10H2,1-5H3,(H,25,26). The summed E-state index contributed by atoms with van der Waals surface area (Å²) >= 11 is 1.71. The van der Waals surface area contributed by atoms with Crippen LogP contribution in [0, 0.1) is 6.92 Å². The summed E-state index contributed by atoms with van der Waals surface area (Å²) in [6, 6.07) is 6.36. The number of nitrogens with zero attached hydrogens (tertiary/aromatic N) is 1. The predicted molar refractivity (Wildman–Crippen MR) is 124 cm³/mol. The first-order chi connectivity index (χ1) is 14.2. The number of alkyl carbamates (subject to hydrolysis) is 1. The normalized spacial score (nSPS) is 20.4. The van der Waals surface area contributed by atoms with Crippen LogP contribution in [0.1, 0.15) is 69.9 Å². The first-order valence-corrected chi connectivity index (χ1v) is 12.7. The molecule has 1 amide bonds. The number of aromatic nitrogens is 1. The Morgan fingerprint density at radius 3 is 2.53 bits per heavy atom. The largest absolute Gasteiger partial charge is 0.447 e. The number of thiazole rings is 1. The maximum absolute atomic E-state index is 12.8. The topological polar surface area (TPSA) is 68.3 Å². The molecule has 0 saturated heterocycles. The van der Waals surface area contributed by atoms with Gasteiger partial charge in [0.25, 0.3) is 0 Å². The van der Waals surface area contributed by atoms with Crippen molar-refractivity contribution in [2.75, 3.05) is 0 Å². The van der Waals surface area contributed by atoms with E-state index in [0.717, 1.165) is 51.6 Å². The molecule has 3 rings (SSSR count). The zero-order valence-corrected chi connectivity index (χ0v) is 20.1. The molecular weight excluding hydrogens is 416 g/mol. The molecule has 1 saturated carbocycles. The maximum atomic E-state index is 12.8. The fraction of sp³-hybridized carbons (Fsp3) is 0.565. The first-order valence-electron chi connectivity index (χ1n) is 10.7. The maximum Gasteiger partial charge on any atom is 0.407 e. The SMILES string of the molecule is Cc1ccc(-c2cnc(C3CCC(NC(=O)OC(C)C)CC3)s2)c(S(=O)C(C)C)c1. The lowest BCUT2D eigenvalue weighted by Gasteiger charge is -2.28.